The summed E-state index contributed by atoms with van der Waals surface area (Å²) in [6.45, 7) is 0. The van der Waals surface area contributed by atoms with Crippen molar-refractivity contribution in [3.8, 4) is 0 Å². The van der Waals surface area contributed by atoms with Crippen molar-refractivity contribution < 1.29 is 4.42 Å². The van der Waals surface area contributed by atoms with E-state index in [0.29, 0.717) is 0 Å². The van der Waals surface area contributed by atoms with Gasteiger partial charge in [0, 0.05) is 11.3 Å². The molecule has 1 aromatic rings. The highest BCUT2D eigenvalue weighted by Gasteiger charge is 1.94. The lowest BCUT2D eigenvalue weighted by Gasteiger charge is -1.95. The third-order valence-electron chi connectivity index (χ3n) is 1.75. The lowest BCUT2D eigenvalue weighted by Crippen LogP contribution is -2.29. The van der Waals surface area contributed by atoms with E-state index >= 15 is 0 Å². The van der Waals surface area contributed by atoms with E-state index in [2.05, 4.69) is 6.08 Å². The van der Waals surface area contributed by atoms with E-state index in [1.807, 2.05) is 6.08 Å². The Morgan fingerprint density at radius 2 is 2.00 bits per heavy atom. The van der Waals surface area contributed by atoms with Crippen LogP contribution in [-0.4, -0.2) is 0 Å². The molecule has 2 heteroatoms. The van der Waals surface area contributed by atoms with E-state index in [4.69, 9.17) is 4.42 Å². The smallest absolute Gasteiger partial charge is 0.336 e. The standard InChI is InChI=1S/C9H8O2/c10-9-6-5-7-3-1-2-4-8(7)11-9/h3-6H,1-2H2. The van der Waals surface area contributed by atoms with Gasteiger partial charge in [-0.05, 0) is 25.0 Å². The summed E-state index contributed by atoms with van der Waals surface area (Å²) in [6, 6.07) is 3.26. The average molecular weight is 148 g/mol. The van der Waals surface area contributed by atoms with Crippen LogP contribution < -0.4 is 16.3 Å². The van der Waals surface area contributed by atoms with Gasteiger partial charge in [-0.25, -0.2) is 4.79 Å². The Kier molecular flexibility index (Phi) is 1.39. The Balaban J connectivity index is 2.90. The van der Waals surface area contributed by atoms with Gasteiger partial charge in [-0.2, -0.15) is 0 Å². The minimum absolute atomic E-state index is 0.268. The van der Waals surface area contributed by atoms with E-state index < -0.39 is 0 Å². The van der Waals surface area contributed by atoms with Gasteiger partial charge in [0.2, 0.25) is 0 Å². The highest BCUT2D eigenvalue weighted by atomic mass is 16.4. The van der Waals surface area contributed by atoms with Crippen molar-refractivity contribution in [1.82, 2.24) is 0 Å². The number of fused-ring (bicyclic) bond motifs is 1. The zero-order valence-electron chi connectivity index (χ0n) is 6.04. The normalized spacial score (nSPS) is 14.5. The molecule has 56 valence electrons. The van der Waals surface area contributed by atoms with Crippen LogP contribution in [0, 0.1) is 0 Å². The van der Waals surface area contributed by atoms with Crippen molar-refractivity contribution in [3.63, 3.8) is 0 Å². The van der Waals surface area contributed by atoms with Gasteiger partial charge < -0.3 is 4.42 Å². The predicted molar refractivity (Wildman–Crippen MR) is 42.4 cm³/mol. The van der Waals surface area contributed by atoms with Gasteiger partial charge in [-0.3, -0.25) is 0 Å². The van der Waals surface area contributed by atoms with Crippen LogP contribution in [0.15, 0.2) is 21.3 Å². The predicted octanol–water partition coefficient (Wildman–Crippen LogP) is -0.00540. The Labute approximate surface area is 63.5 Å². The molecule has 0 spiro atoms. The van der Waals surface area contributed by atoms with Crippen molar-refractivity contribution in [3.05, 3.63) is 33.2 Å². The first-order valence-corrected chi connectivity index (χ1v) is 3.67. The monoisotopic (exact) mass is 148 g/mol. The van der Waals surface area contributed by atoms with Crippen LogP contribution in [0.5, 0.6) is 0 Å². The molecule has 1 aliphatic rings. The summed E-state index contributed by atoms with van der Waals surface area (Å²) in [5.74, 6) is 0. The van der Waals surface area contributed by atoms with Crippen LogP contribution in [0.2, 0.25) is 0 Å². The minimum Gasteiger partial charge on any atom is -0.423 e. The Bertz CT molecular complexity index is 426. The summed E-state index contributed by atoms with van der Waals surface area (Å²) in [7, 11) is 0. The Morgan fingerprint density at radius 1 is 1.18 bits per heavy atom. The minimum atomic E-state index is -0.268. The van der Waals surface area contributed by atoms with Crippen LogP contribution in [0.25, 0.3) is 12.2 Å². The van der Waals surface area contributed by atoms with E-state index in [0.717, 1.165) is 23.5 Å². The molecule has 0 radical (unpaired) electrons. The molecule has 0 unspecified atom stereocenters. The summed E-state index contributed by atoms with van der Waals surface area (Å²) in [5.41, 5.74) is 0.457. The highest BCUT2D eigenvalue weighted by Crippen LogP contribution is 1.92. The summed E-state index contributed by atoms with van der Waals surface area (Å²) < 4.78 is 4.96. The molecule has 0 aromatic carbocycles. The maximum atomic E-state index is 10.7. The van der Waals surface area contributed by atoms with Gasteiger partial charge >= 0.3 is 5.63 Å². The van der Waals surface area contributed by atoms with Crippen molar-refractivity contribution in [2.24, 2.45) is 0 Å². The number of hydrogen-bond donors (Lipinski definition) is 0. The summed E-state index contributed by atoms with van der Waals surface area (Å²) in [4.78, 5) is 10.7. The van der Waals surface area contributed by atoms with Crippen LogP contribution in [-0.2, 0) is 0 Å². The van der Waals surface area contributed by atoms with E-state index in [1.165, 1.54) is 6.07 Å². The zero-order valence-corrected chi connectivity index (χ0v) is 6.04. The second-order valence-corrected chi connectivity index (χ2v) is 2.56. The van der Waals surface area contributed by atoms with Crippen LogP contribution in [0.4, 0.5) is 0 Å². The molecule has 2 nitrogen and oxygen atoms in total. The van der Waals surface area contributed by atoms with Crippen molar-refractivity contribution >= 4 is 12.2 Å². The highest BCUT2D eigenvalue weighted by molar-refractivity contribution is 5.33. The summed E-state index contributed by atoms with van der Waals surface area (Å²) in [6.07, 6.45) is 6.05. The van der Waals surface area contributed by atoms with Gasteiger partial charge in [-0.1, -0.05) is 6.08 Å². The van der Waals surface area contributed by atoms with Crippen LogP contribution in [0.1, 0.15) is 12.8 Å². The zero-order chi connectivity index (χ0) is 7.68. The first kappa shape index (κ1) is 6.40. The lowest BCUT2D eigenvalue weighted by molar-refractivity contribution is 0.470. The molecule has 0 saturated heterocycles. The van der Waals surface area contributed by atoms with Gasteiger partial charge in [-0.15, -0.1) is 0 Å². The van der Waals surface area contributed by atoms with E-state index in [-0.39, 0.29) is 5.63 Å². The third-order valence-corrected chi connectivity index (χ3v) is 1.75. The molecule has 0 saturated carbocycles. The summed E-state index contributed by atoms with van der Waals surface area (Å²) in [5, 5.41) is 1.04. The quantitative estimate of drug-likeness (QED) is 0.518. The molecule has 0 aliphatic heterocycles. The summed E-state index contributed by atoms with van der Waals surface area (Å²) >= 11 is 0. The molecular formula is C9H8O2. The molecule has 1 aromatic heterocycles. The Morgan fingerprint density at radius 3 is 2.91 bits per heavy atom. The Hall–Kier alpha value is -1.31. The first-order chi connectivity index (χ1) is 5.36. The molecule has 11 heavy (non-hydrogen) atoms. The molecule has 0 amide bonds. The van der Waals surface area contributed by atoms with E-state index in [1.54, 1.807) is 6.07 Å². The lowest BCUT2D eigenvalue weighted by atomic mass is 10.2. The maximum Gasteiger partial charge on any atom is 0.336 e. The molecule has 0 bridgehead atoms. The molecule has 2 rings (SSSR count). The van der Waals surface area contributed by atoms with E-state index in [9.17, 15) is 4.79 Å². The van der Waals surface area contributed by atoms with Gasteiger partial charge in [0.1, 0.15) is 5.42 Å². The second-order valence-electron chi connectivity index (χ2n) is 2.56. The molecule has 0 atom stereocenters. The van der Waals surface area contributed by atoms with Crippen molar-refractivity contribution in [2.45, 2.75) is 12.8 Å². The SMILES string of the molecule is O=c1ccc2c(o1)=CCCC=2. The number of hydrogen-bond acceptors (Lipinski definition) is 2. The third kappa shape index (κ3) is 1.11. The molecular weight excluding hydrogens is 140 g/mol. The van der Waals surface area contributed by atoms with Gasteiger partial charge in [0.25, 0.3) is 0 Å². The fourth-order valence-electron chi connectivity index (χ4n) is 1.22. The second kappa shape index (κ2) is 2.38. The number of rotatable bonds is 0. The first-order valence-electron chi connectivity index (χ1n) is 3.67. The topological polar surface area (TPSA) is 30.2 Å². The molecule has 0 N–H and O–H groups in total. The molecule has 0 fully saturated rings. The fraction of sp³-hybridized carbons (Fsp3) is 0.222. The molecule has 1 heterocycles. The van der Waals surface area contributed by atoms with Crippen molar-refractivity contribution in [2.75, 3.05) is 0 Å². The largest absolute Gasteiger partial charge is 0.423 e. The fourth-order valence-corrected chi connectivity index (χ4v) is 1.22. The van der Waals surface area contributed by atoms with Gasteiger partial charge in [0.05, 0.1) is 0 Å². The van der Waals surface area contributed by atoms with Gasteiger partial charge in [0.15, 0.2) is 0 Å². The average Bonchev–Trinajstić information content (AvgIpc) is 2.04. The van der Waals surface area contributed by atoms with Crippen LogP contribution >= 0.6 is 0 Å². The molecule has 1 aliphatic carbocycles. The van der Waals surface area contributed by atoms with Crippen LogP contribution in [0.3, 0.4) is 0 Å². The maximum absolute atomic E-state index is 10.7. The van der Waals surface area contributed by atoms with Crippen molar-refractivity contribution in [1.29, 1.82) is 0 Å².